The summed E-state index contributed by atoms with van der Waals surface area (Å²) in [5.41, 5.74) is 2.00. The molecule has 1 saturated heterocycles. The first kappa shape index (κ1) is 13.8. The van der Waals surface area contributed by atoms with E-state index in [0.29, 0.717) is 17.5 Å². The Labute approximate surface area is 123 Å². The van der Waals surface area contributed by atoms with Gasteiger partial charge < -0.3 is 14.7 Å². The number of carbonyl (C=O) groups is 1. The summed E-state index contributed by atoms with van der Waals surface area (Å²) in [6.45, 7) is 5.67. The fourth-order valence-electron chi connectivity index (χ4n) is 2.80. The van der Waals surface area contributed by atoms with Crippen molar-refractivity contribution in [1.82, 2.24) is 4.98 Å². The minimum absolute atomic E-state index is 0.155. The van der Waals surface area contributed by atoms with E-state index in [9.17, 15) is 9.90 Å². The Bertz CT molecular complexity index is 686. The first-order valence-corrected chi connectivity index (χ1v) is 7.08. The van der Waals surface area contributed by atoms with Crippen LogP contribution in [0.5, 0.6) is 0 Å². The van der Waals surface area contributed by atoms with Gasteiger partial charge >= 0.3 is 5.97 Å². The molecule has 1 N–H and O–H groups in total. The van der Waals surface area contributed by atoms with E-state index in [0.717, 1.165) is 12.2 Å². The van der Waals surface area contributed by atoms with Crippen LogP contribution in [0.25, 0.3) is 10.9 Å². The van der Waals surface area contributed by atoms with Crippen molar-refractivity contribution in [2.45, 2.75) is 26.0 Å². The van der Waals surface area contributed by atoms with Gasteiger partial charge in [0, 0.05) is 23.8 Å². The third-order valence-electron chi connectivity index (χ3n) is 4.17. The second-order valence-corrected chi connectivity index (χ2v) is 5.38. The SMILES string of the molecule is C[C@@H]1OCCN(c2ccc3nccc(C(=O)O)c3c2)[C@H]1C. The van der Waals surface area contributed by atoms with E-state index in [1.165, 1.54) is 6.20 Å². The molecule has 0 spiro atoms. The number of fused-ring (bicyclic) bond motifs is 1. The molecule has 2 aromatic rings. The van der Waals surface area contributed by atoms with Crippen molar-refractivity contribution in [2.24, 2.45) is 0 Å². The highest BCUT2D eigenvalue weighted by molar-refractivity contribution is 6.03. The number of hydrogen-bond donors (Lipinski definition) is 1. The van der Waals surface area contributed by atoms with Crippen molar-refractivity contribution < 1.29 is 14.6 Å². The summed E-state index contributed by atoms with van der Waals surface area (Å²) >= 11 is 0. The van der Waals surface area contributed by atoms with Crippen LogP contribution in [0.2, 0.25) is 0 Å². The molecule has 110 valence electrons. The average molecular weight is 286 g/mol. The number of carboxylic acid groups (broad SMARTS) is 1. The normalized spacial score (nSPS) is 22.5. The van der Waals surface area contributed by atoms with Crippen molar-refractivity contribution in [2.75, 3.05) is 18.1 Å². The van der Waals surface area contributed by atoms with E-state index in [1.807, 2.05) is 18.2 Å². The fourth-order valence-corrected chi connectivity index (χ4v) is 2.80. The molecule has 2 heterocycles. The molecule has 5 heteroatoms. The molecule has 0 radical (unpaired) electrons. The summed E-state index contributed by atoms with van der Waals surface area (Å²) in [5.74, 6) is -0.928. The lowest BCUT2D eigenvalue weighted by molar-refractivity contribution is 0.0284. The second-order valence-electron chi connectivity index (χ2n) is 5.38. The van der Waals surface area contributed by atoms with Crippen LogP contribution in [-0.4, -0.2) is 41.4 Å². The van der Waals surface area contributed by atoms with E-state index >= 15 is 0 Å². The van der Waals surface area contributed by atoms with Gasteiger partial charge in [-0.2, -0.15) is 0 Å². The number of aromatic nitrogens is 1. The molecule has 1 aliphatic rings. The number of pyridine rings is 1. The van der Waals surface area contributed by atoms with Crippen LogP contribution in [0, 0.1) is 0 Å². The largest absolute Gasteiger partial charge is 0.478 e. The average Bonchev–Trinajstić information content (AvgIpc) is 2.48. The first-order chi connectivity index (χ1) is 10.1. The zero-order valence-corrected chi connectivity index (χ0v) is 12.1. The van der Waals surface area contributed by atoms with Crippen LogP contribution in [0.4, 0.5) is 5.69 Å². The van der Waals surface area contributed by atoms with Crippen LogP contribution in [-0.2, 0) is 4.74 Å². The highest BCUT2D eigenvalue weighted by Crippen LogP contribution is 2.27. The zero-order chi connectivity index (χ0) is 15.0. The number of hydrogen-bond acceptors (Lipinski definition) is 4. The molecule has 2 atom stereocenters. The van der Waals surface area contributed by atoms with Gasteiger partial charge in [-0.05, 0) is 38.1 Å². The van der Waals surface area contributed by atoms with Gasteiger partial charge in [-0.25, -0.2) is 4.79 Å². The number of benzene rings is 1. The smallest absolute Gasteiger partial charge is 0.336 e. The van der Waals surface area contributed by atoms with Gasteiger partial charge in [0.25, 0.3) is 0 Å². The molecule has 21 heavy (non-hydrogen) atoms. The van der Waals surface area contributed by atoms with Gasteiger partial charge in [-0.15, -0.1) is 0 Å². The molecule has 5 nitrogen and oxygen atoms in total. The minimum atomic E-state index is -0.928. The maximum absolute atomic E-state index is 11.4. The van der Waals surface area contributed by atoms with E-state index in [-0.39, 0.29) is 17.7 Å². The maximum Gasteiger partial charge on any atom is 0.336 e. The summed E-state index contributed by atoms with van der Waals surface area (Å²) in [7, 11) is 0. The molecule has 0 saturated carbocycles. The van der Waals surface area contributed by atoms with Crippen molar-refractivity contribution >= 4 is 22.6 Å². The predicted octanol–water partition coefficient (Wildman–Crippen LogP) is 2.55. The summed E-state index contributed by atoms with van der Waals surface area (Å²) in [4.78, 5) is 17.9. The Balaban J connectivity index is 2.08. The number of morpholine rings is 1. The van der Waals surface area contributed by atoms with Crippen LogP contribution in [0.15, 0.2) is 30.5 Å². The monoisotopic (exact) mass is 286 g/mol. The van der Waals surface area contributed by atoms with Gasteiger partial charge in [0.2, 0.25) is 0 Å². The third kappa shape index (κ3) is 2.45. The Morgan fingerprint density at radius 3 is 2.95 bits per heavy atom. The van der Waals surface area contributed by atoms with Crippen molar-refractivity contribution in [1.29, 1.82) is 0 Å². The number of aromatic carboxylic acids is 1. The number of nitrogens with zero attached hydrogens (tertiary/aromatic N) is 2. The number of ether oxygens (including phenoxy) is 1. The van der Waals surface area contributed by atoms with E-state index in [4.69, 9.17) is 4.74 Å². The zero-order valence-electron chi connectivity index (χ0n) is 12.1. The predicted molar refractivity (Wildman–Crippen MR) is 80.9 cm³/mol. The minimum Gasteiger partial charge on any atom is -0.478 e. The van der Waals surface area contributed by atoms with Crippen molar-refractivity contribution in [3.05, 3.63) is 36.0 Å². The fraction of sp³-hybridized carbons (Fsp3) is 0.375. The summed E-state index contributed by atoms with van der Waals surface area (Å²) in [5, 5.41) is 9.99. The van der Waals surface area contributed by atoms with Crippen LogP contribution in [0.3, 0.4) is 0 Å². The molecule has 3 rings (SSSR count). The van der Waals surface area contributed by atoms with Gasteiger partial charge in [0.15, 0.2) is 0 Å². The molecule has 1 fully saturated rings. The second kappa shape index (κ2) is 5.33. The maximum atomic E-state index is 11.4. The number of carboxylic acids is 1. The molecular weight excluding hydrogens is 268 g/mol. The third-order valence-corrected chi connectivity index (χ3v) is 4.17. The summed E-state index contributed by atoms with van der Waals surface area (Å²) < 4.78 is 5.64. The van der Waals surface area contributed by atoms with Crippen LogP contribution < -0.4 is 4.90 Å². The van der Waals surface area contributed by atoms with Crippen LogP contribution >= 0.6 is 0 Å². The Morgan fingerprint density at radius 2 is 2.19 bits per heavy atom. The first-order valence-electron chi connectivity index (χ1n) is 7.08. The lowest BCUT2D eigenvalue weighted by Crippen LogP contribution is -2.48. The van der Waals surface area contributed by atoms with Crippen LogP contribution in [0.1, 0.15) is 24.2 Å². The van der Waals surface area contributed by atoms with Crippen molar-refractivity contribution in [3.8, 4) is 0 Å². The lowest BCUT2D eigenvalue weighted by atomic mass is 10.1. The quantitative estimate of drug-likeness (QED) is 0.919. The van der Waals surface area contributed by atoms with Gasteiger partial charge in [0.1, 0.15) is 0 Å². The topological polar surface area (TPSA) is 62.7 Å². The highest BCUT2D eigenvalue weighted by atomic mass is 16.5. The Morgan fingerprint density at radius 1 is 1.38 bits per heavy atom. The molecule has 0 aliphatic carbocycles. The van der Waals surface area contributed by atoms with Gasteiger partial charge in [0.05, 0.1) is 29.8 Å². The van der Waals surface area contributed by atoms with Gasteiger partial charge in [-0.3, -0.25) is 4.98 Å². The van der Waals surface area contributed by atoms with E-state index in [1.54, 1.807) is 6.07 Å². The van der Waals surface area contributed by atoms with E-state index in [2.05, 4.69) is 23.7 Å². The Kier molecular flexibility index (Phi) is 3.51. The number of anilines is 1. The molecule has 0 amide bonds. The molecule has 1 aromatic carbocycles. The number of rotatable bonds is 2. The Hall–Kier alpha value is -2.14. The lowest BCUT2D eigenvalue weighted by Gasteiger charge is -2.39. The van der Waals surface area contributed by atoms with Gasteiger partial charge in [-0.1, -0.05) is 0 Å². The van der Waals surface area contributed by atoms with E-state index < -0.39 is 5.97 Å². The molecule has 0 unspecified atom stereocenters. The molecular formula is C16H18N2O3. The standard InChI is InChI=1S/C16H18N2O3/c1-10-11(2)21-8-7-18(10)12-3-4-15-14(9-12)13(16(19)20)5-6-17-15/h3-6,9-11H,7-8H2,1-2H3,(H,19,20)/t10-,11-/m0/s1. The molecule has 1 aliphatic heterocycles. The highest BCUT2D eigenvalue weighted by Gasteiger charge is 2.26. The molecule has 0 bridgehead atoms. The summed E-state index contributed by atoms with van der Waals surface area (Å²) in [6, 6.07) is 7.58. The molecule has 1 aromatic heterocycles. The van der Waals surface area contributed by atoms with Crippen molar-refractivity contribution in [3.63, 3.8) is 0 Å². The summed E-state index contributed by atoms with van der Waals surface area (Å²) in [6.07, 6.45) is 1.69.